The Morgan fingerprint density at radius 2 is 2.07 bits per heavy atom. The first kappa shape index (κ1) is 23.1. The average molecular weight is 510 g/mol. The molecule has 0 radical (unpaired) electrons. The van der Waals surface area contributed by atoms with Crippen molar-refractivity contribution in [2.75, 3.05) is 31.6 Å². The molecule has 0 amide bonds. The van der Waals surface area contributed by atoms with Crippen LogP contribution in [0, 0.1) is 0 Å². The van der Waals surface area contributed by atoms with E-state index >= 15 is 0 Å². The Hall–Kier alpha value is -2.16. The van der Waals surface area contributed by atoms with Gasteiger partial charge in [0.25, 0.3) is 0 Å². The molecule has 6 nitrogen and oxygen atoms in total. The summed E-state index contributed by atoms with van der Waals surface area (Å²) in [7, 11) is 1.70. The van der Waals surface area contributed by atoms with Gasteiger partial charge in [-0.1, -0.05) is 18.2 Å². The number of anilines is 1. The molecule has 1 aliphatic heterocycles. The first-order valence-electron chi connectivity index (χ1n) is 9.89. The van der Waals surface area contributed by atoms with Gasteiger partial charge < -0.3 is 25.4 Å². The molecule has 7 heteroatoms. The molecule has 2 aromatic carbocycles. The number of piperidine rings is 1. The highest BCUT2D eigenvalue weighted by molar-refractivity contribution is 14.0. The van der Waals surface area contributed by atoms with Gasteiger partial charge >= 0.3 is 0 Å². The van der Waals surface area contributed by atoms with Gasteiger partial charge in [-0.05, 0) is 49.6 Å². The van der Waals surface area contributed by atoms with Crippen LogP contribution in [-0.2, 0) is 6.54 Å². The van der Waals surface area contributed by atoms with E-state index in [0.717, 1.165) is 49.7 Å². The van der Waals surface area contributed by atoms with Crippen molar-refractivity contribution < 1.29 is 9.84 Å². The first-order valence-corrected chi connectivity index (χ1v) is 9.89. The zero-order chi connectivity index (χ0) is 19.8. The lowest BCUT2D eigenvalue weighted by molar-refractivity contribution is 0.414. The Balaban J connectivity index is 0.00000300. The lowest BCUT2D eigenvalue weighted by atomic mass is 10.0. The molecule has 2 aromatic rings. The van der Waals surface area contributed by atoms with Crippen LogP contribution in [0.1, 0.15) is 25.3 Å². The van der Waals surface area contributed by atoms with Gasteiger partial charge in [-0.3, -0.25) is 0 Å². The van der Waals surface area contributed by atoms with E-state index in [9.17, 15) is 5.11 Å². The number of guanidine groups is 1. The number of aromatic hydroxyl groups is 1. The minimum Gasteiger partial charge on any atom is -0.508 e. The molecule has 1 unspecified atom stereocenters. The number of aliphatic imine (C=N–C) groups is 1. The molecular formula is C22H31IN4O2. The van der Waals surface area contributed by atoms with Crippen molar-refractivity contribution in [1.29, 1.82) is 0 Å². The molecule has 3 N–H and O–H groups in total. The number of hydrogen-bond acceptors (Lipinski definition) is 4. The lowest BCUT2D eigenvalue weighted by Crippen LogP contribution is -2.51. The molecule has 0 spiro atoms. The van der Waals surface area contributed by atoms with Crippen molar-refractivity contribution in [2.45, 2.75) is 32.4 Å². The van der Waals surface area contributed by atoms with E-state index in [1.54, 1.807) is 19.2 Å². The number of methoxy groups -OCH3 is 1. The topological polar surface area (TPSA) is 69.1 Å². The van der Waals surface area contributed by atoms with E-state index in [-0.39, 0.29) is 29.7 Å². The molecule has 1 saturated heterocycles. The number of phenols is 1. The summed E-state index contributed by atoms with van der Waals surface area (Å²) in [6, 6.07) is 15.8. The maximum Gasteiger partial charge on any atom is 0.191 e. The fraction of sp³-hybridized carbons (Fsp3) is 0.409. The van der Waals surface area contributed by atoms with Gasteiger partial charge in [0, 0.05) is 37.4 Å². The van der Waals surface area contributed by atoms with Crippen LogP contribution in [0.5, 0.6) is 11.5 Å². The summed E-state index contributed by atoms with van der Waals surface area (Å²) in [4.78, 5) is 7.08. The van der Waals surface area contributed by atoms with Crippen molar-refractivity contribution in [2.24, 2.45) is 4.99 Å². The quantitative estimate of drug-likeness (QED) is 0.314. The smallest absolute Gasteiger partial charge is 0.191 e. The van der Waals surface area contributed by atoms with Gasteiger partial charge in [-0.2, -0.15) is 0 Å². The third-order valence-electron chi connectivity index (χ3n) is 4.86. The highest BCUT2D eigenvalue weighted by atomic mass is 127. The van der Waals surface area contributed by atoms with Gasteiger partial charge in [-0.25, -0.2) is 4.99 Å². The molecule has 1 heterocycles. The average Bonchev–Trinajstić information content (AvgIpc) is 2.72. The molecule has 0 aliphatic carbocycles. The predicted molar refractivity (Wildman–Crippen MR) is 130 cm³/mol. The van der Waals surface area contributed by atoms with Crippen LogP contribution in [-0.4, -0.2) is 43.9 Å². The summed E-state index contributed by atoms with van der Waals surface area (Å²) in [5, 5.41) is 16.5. The van der Waals surface area contributed by atoms with E-state index in [4.69, 9.17) is 4.74 Å². The van der Waals surface area contributed by atoms with Gasteiger partial charge in [0.1, 0.15) is 11.5 Å². The molecule has 1 atom stereocenters. The zero-order valence-corrected chi connectivity index (χ0v) is 19.4. The van der Waals surface area contributed by atoms with Crippen LogP contribution in [0.3, 0.4) is 0 Å². The van der Waals surface area contributed by atoms with Crippen molar-refractivity contribution in [3.05, 3.63) is 54.1 Å². The number of phenolic OH excluding ortho intramolecular Hbond substituents is 1. The molecule has 0 saturated carbocycles. The third kappa shape index (κ3) is 6.99. The zero-order valence-electron chi connectivity index (χ0n) is 17.1. The van der Waals surface area contributed by atoms with Crippen LogP contribution in [0.15, 0.2) is 53.5 Å². The number of nitrogens with zero attached hydrogens (tertiary/aromatic N) is 2. The molecule has 29 heavy (non-hydrogen) atoms. The SMILES string of the molecule is CCNC(=NCc1cccc(O)c1)NC1CCCN(c2cccc(OC)c2)C1.I. The van der Waals surface area contributed by atoms with Crippen LogP contribution in [0.4, 0.5) is 5.69 Å². The number of benzene rings is 2. The van der Waals surface area contributed by atoms with Gasteiger partial charge in [0.05, 0.1) is 13.7 Å². The van der Waals surface area contributed by atoms with Gasteiger partial charge in [0.2, 0.25) is 0 Å². The Kier molecular flexibility index (Phi) is 9.37. The third-order valence-corrected chi connectivity index (χ3v) is 4.86. The molecular weight excluding hydrogens is 479 g/mol. The fourth-order valence-electron chi connectivity index (χ4n) is 3.48. The molecule has 158 valence electrons. The molecule has 0 aromatic heterocycles. The fourth-order valence-corrected chi connectivity index (χ4v) is 3.48. The van der Waals surface area contributed by atoms with Crippen LogP contribution >= 0.6 is 24.0 Å². The highest BCUT2D eigenvalue weighted by Crippen LogP contribution is 2.24. The Morgan fingerprint density at radius 1 is 1.24 bits per heavy atom. The number of halogens is 1. The number of ether oxygens (including phenoxy) is 1. The predicted octanol–water partition coefficient (Wildman–Crippen LogP) is 3.74. The van der Waals surface area contributed by atoms with Crippen LogP contribution in [0.2, 0.25) is 0 Å². The minimum atomic E-state index is 0. The number of hydrogen-bond donors (Lipinski definition) is 3. The minimum absolute atomic E-state index is 0. The first-order chi connectivity index (χ1) is 13.7. The van der Waals surface area contributed by atoms with Crippen LogP contribution < -0.4 is 20.3 Å². The van der Waals surface area contributed by atoms with E-state index < -0.39 is 0 Å². The van der Waals surface area contributed by atoms with E-state index in [1.165, 1.54) is 5.69 Å². The number of rotatable bonds is 6. The summed E-state index contributed by atoms with van der Waals surface area (Å²) in [6.07, 6.45) is 2.23. The van der Waals surface area contributed by atoms with Crippen LogP contribution in [0.25, 0.3) is 0 Å². The highest BCUT2D eigenvalue weighted by Gasteiger charge is 2.21. The summed E-state index contributed by atoms with van der Waals surface area (Å²) in [6.45, 7) is 5.36. The van der Waals surface area contributed by atoms with Crippen molar-refractivity contribution in [3.8, 4) is 11.5 Å². The second kappa shape index (κ2) is 11.7. The van der Waals surface area contributed by atoms with Gasteiger partial charge in [-0.15, -0.1) is 24.0 Å². The molecule has 1 fully saturated rings. The largest absolute Gasteiger partial charge is 0.508 e. The summed E-state index contributed by atoms with van der Waals surface area (Å²) >= 11 is 0. The maximum absolute atomic E-state index is 9.62. The molecule has 0 bridgehead atoms. The Labute approximate surface area is 190 Å². The Bertz CT molecular complexity index is 800. The van der Waals surface area contributed by atoms with Gasteiger partial charge in [0.15, 0.2) is 5.96 Å². The summed E-state index contributed by atoms with van der Waals surface area (Å²) in [5.74, 6) is 1.96. The Morgan fingerprint density at radius 3 is 2.83 bits per heavy atom. The second-order valence-electron chi connectivity index (χ2n) is 7.00. The molecule has 1 aliphatic rings. The van der Waals surface area contributed by atoms with Crippen molar-refractivity contribution in [1.82, 2.24) is 10.6 Å². The van der Waals surface area contributed by atoms with E-state index in [1.807, 2.05) is 24.3 Å². The summed E-state index contributed by atoms with van der Waals surface area (Å²) in [5.41, 5.74) is 2.17. The lowest BCUT2D eigenvalue weighted by Gasteiger charge is -2.35. The second-order valence-corrected chi connectivity index (χ2v) is 7.00. The summed E-state index contributed by atoms with van der Waals surface area (Å²) < 4.78 is 5.36. The van der Waals surface area contributed by atoms with E-state index in [2.05, 4.69) is 39.6 Å². The standard InChI is InChI=1S/C22H30N4O2.HI/c1-3-23-22(24-15-17-7-4-10-20(27)13-17)25-18-8-6-12-26(16-18)19-9-5-11-21(14-19)28-2;/h4-5,7,9-11,13-14,18,27H,3,6,8,12,15-16H2,1-2H3,(H2,23,24,25);1H. The normalized spacial score (nSPS) is 16.7. The number of nitrogens with one attached hydrogen (secondary N) is 2. The maximum atomic E-state index is 9.62. The molecule has 3 rings (SSSR count). The monoisotopic (exact) mass is 510 g/mol. The van der Waals surface area contributed by atoms with Crippen molar-refractivity contribution in [3.63, 3.8) is 0 Å². The van der Waals surface area contributed by atoms with Crippen molar-refractivity contribution >= 4 is 35.6 Å². The van der Waals surface area contributed by atoms with E-state index in [0.29, 0.717) is 12.6 Å².